The number of hydrogen-bond donors (Lipinski definition) is 2. The van der Waals surface area contributed by atoms with Crippen molar-refractivity contribution >= 4 is 58.5 Å². The van der Waals surface area contributed by atoms with Gasteiger partial charge in [0.15, 0.2) is 0 Å². The molecule has 0 spiro atoms. The largest absolute Gasteiger partial charge is 0.488 e. The van der Waals surface area contributed by atoms with Gasteiger partial charge in [-0.3, -0.25) is 9.59 Å². The number of nitrogens with zero attached hydrogens (tertiary/aromatic N) is 1. The van der Waals surface area contributed by atoms with Crippen LogP contribution < -0.4 is 15.5 Å². The number of halogens is 3. The third-order valence-electron chi connectivity index (χ3n) is 4.18. The molecule has 0 saturated carbocycles. The van der Waals surface area contributed by atoms with Gasteiger partial charge in [0, 0.05) is 21.8 Å². The standard InChI is InChI=1S/C23H18Cl3N3O3/c24-18-7-3-1-6-16(18)14-32-21-8-4-2-5-15(21)13-27-29-23(31)12-22(30)28-17-9-10-19(25)20(26)11-17/h1-11,13H,12,14H2,(H,28,30)(H,29,31). The number of rotatable bonds is 8. The quantitative estimate of drug-likeness (QED) is 0.241. The zero-order chi connectivity index (χ0) is 22.9. The third-order valence-corrected chi connectivity index (χ3v) is 5.29. The number of nitrogens with one attached hydrogen (secondary N) is 2. The zero-order valence-corrected chi connectivity index (χ0v) is 18.9. The monoisotopic (exact) mass is 489 g/mol. The Bertz CT molecular complexity index is 1150. The van der Waals surface area contributed by atoms with Gasteiger partial charge >= 0.3 is 0 Å². The van der Waals surface area contributed by atoms with Crippen LogP contribution in [0.4, 0.5) is 5.69 Å². The summed E-state index contributed by atoms with van der Waals surface area (Å²) in [6, 6.07) is 19.2. The molecule has 0 atom stereocenters. The first-order valence-electron chi connectivity index (χ1n) is 9.44. The Balaban J connectivity index is 1.52. The molecule has 3 aromatic rings. The molecule has 0 fully saturated rings. The minimum absolute atomic E-state index is 0.284. The van der Waals surface area contributed by atoms with E-state index in [1.807, 2.05) is 30.3 Å². The smallest absolute Gasteiger partial charge is 0.249 e. The van der Waals surface area contributed by atoms with Crippen molar-refractivity contribution in [1.82, 2.24) is 5.43 Å². The maximum Gasteiger partial charge on any atom is 0.249 e. The zero-order valence-electron chi connectivity index (χ0n) is 16.6. The minimum atomic E-state index is -0.576. The molecule has 0 aromatic heterocycles. The Labute approximate surface area is 200 Å². The molecule has 0 heterocycles. The van der Waals surface area contributed by atoms with Crippen molar-refractivity contribution < 1.29 is 14.3 Å². The summed E-state index contributed by atoms with van der Waals surface area (Å²) in [5, 5.41) is 7.76. The van der Waals surface area contributed by atoms with Crippen LogP contribution in [0.15, 0.2) is 71.8 Å². The maximum atomic E-state index is 12.0. The van der Waals surface area contributed by atoms with Crippen molar-refractivity contribution in [2.24, 2.45) is 5.10 Å². The lowest BCUT2D eigenvalue weighted by Crippen LogP contribution is -2.24. The maximum absolute atomic E-state index is 12.0. The fourth-order valence-electron chi connectivity index (χ4n) is 2.63. The van der Waals surface area contributed by atoms with E-state index in [1.54, 1.807) is 30.3 Å². The summed E-state index contributed by atoms with van der Waals surface area (Å²) in [6.45, 7) is 0.284. The number of para-hydroxylation sites is 1. The fraction of sp³-hybridized carbons (Fsp3) is 0.0870. The first-order chi connectivity index (χ1) is 15.4. The number of hydrazone groups is 1. The molecule has 2 N–H and O–H groups in total. The molecular weight excluding hydrogens is 473 g/mol. The summed E-state index contributed by atoms with van der Waals surface area (Å²) in [6.07, 6.45) is 1.03. The van der Waals surface area contributed by atoms with Gasteiger partial charge in [0.25, 0.3) is 0 Å². The Morgan fingerprint density at radius 1 is 0.875 bits per heavy atom. The van der Waals surface area contributed by atoms with Gasteiger partial charge in [-0.25, -0.2) is 5.43 Å². The van der Waals surface area contributed by atoms with Gasteiger partial charge in [-0.1, -0.05) is 65.1 Å². The van der Waals surface area contributed by atoms with E-state index in [0.717, 1.165) is 5.56 Å². The van der Waals surface area contributed by atoms with Crippen LogP contribution in [0.25, 0.3) is 0 Å². The van der Waals surface area contributed by atoms with Crippen LogP contribution in [0.3, 0.4) is 0 Å². The van der Waals surface area contributed by atoms with Crippen molar-refractivity contribution in [2.45, 2.75) is 13.0 Å². The summed E-state index contributed by atoms with van der Waals surface area (Å²) >= 11 is 17.9. The molecule has 6 nitrogen and oxygen atoms in total. The van der Waals surface area contributed by atoms with Gasteiger partial charge in [0.1, 0.15) is 18.8 Å². The Morgan fingerprint density at radius 3 is 2.41 bits per heavy atom. The SMILES string of the molecule is O=C(CC(=O)Nc1ccc(Cl)c(Cl)c1)NN=Cc1ccccc1OCc1ccccc1Cl. The molecule has 9 heteroatoms. The van der Waals surface area contributed by atoms with Crippen molar-refractivity contribution in [3.63, 3.8) is 0 Å². The van der Waals surface area contributed by atoms with Crippen LogP contribution in [0.5, 0.6) is 5.75 Å². The van der Waals surface area contributed by atoms with Crippen molar-refractivity contribution in [3.8, 4) is 5.75 Å². The van der Waals surface area contributed by atoms with Crippen molar-refractivity contribution in [3.05, 3.63) is 92.9 Å². The fourth-order valence-corrected chi connectivity index (χ4v) is 3.12. The second-order valence-corrected chi connectivity index (χ2v) is 7.79. The molecule has 0 aliphatic carbocycles. The summed E-state index contributed by atoms with van der Waals surface area (Å²) in [7, 11) is 0. The third kappa shape index (κ3) is 6.99. The van der Waals surface area contributed by atoms with Crippen LogP contribution in [0.1, 0.15) is 17.5 Å². The van der Waals surface area contributed by atoms with Gasteiger partial charge in [-0.2, -0.15) is 5.10 Å². The Kier molecular flexibility index (Phi) is 8.50. The topological polar surface area (TPSA) is 79.8 Å². The number of benzene rings is 3. The van der Waals surface area contributed by atoms with E-state index in [9.17, 15) is 9.59 Å². The van der Waals surface area contributed by atoms with Crippen LogP contribution >= 0.6 is 34.8 Å². The summed E-state index contributed by atoms with van der Waals surface area (Å²) < 4.78 is 5.84. The molecule has 0 unspecified atom stereocenters. The minimum Gasteiger partial charge on any atom is -0.488 e. The molecule has 0 radical (unpaired) electrons. The summed E-state index contributed by atoms with van der Waals surface area (Å²) in [5.41, 5.74) is 4.26. The van der Waals surface area contributed by atoms with Crippen molar-refractivity contribution in [2.75, 3.05) is 5.32 Å². The average Bonchev–Trinajstić information content (AvgIpc) is 2.76. The van der Waals surface area contributed by atoms with E-state index in [2.05, 4.69) is 15.8 Å². The van der Waals surface area contributed by atoms with E-state index in [4.69, 9.17) is 39.5 Å². The van der Waals surface area contributed by atoms with E-state index in [-0.39, 0.29) is 6.61 Å². The van der Waals surface area contributed by atoms with Gasteiger partial charge < -0.3 is 10.1 Å². The van der Waals surface area contributed by atoms with Gasteiger partial charge in [-0.15, -0.1) is 0 Å². The highest BCUT2D eigenvalue weighted by molar-refractivity contribution is 6.42. The predicted molar refractivity (Wildman–Crippen MR) is 128 cm³/mol. The number of anilines is 1. The van der Waals surface area contributed by atoms with Gasteiger partial charge in [0.2, 0.25) is 11.8 Å². The van der Waals surface area contributed by atoms with Crippen LogP contribution in [0, 0.1) is 0 Å². The number of amides is 2. The van der Waals surface area contributed by atoms with Crippen LogP contribution in [-0.2, 0) is 16.2 Å². The normalized spacial score (nSPS) is 10.7. The van der Waals surface area contributed by atoms with Crippen molar-refractivity contribution in [1.29, 1.82) is 0 Å². The molecular formula is C23H18Cl3N3O3. The lowest BCUT2D eigenvalue weighted by molar-refractivity contribution is -0.126. The first-order valence-corrected chi connectivity index (χ1v) is 10.6. The molecule has 2 amide bonds. The Morgan fingerprint density at radius 2 is 1.62 bits per heavy atom. The second kappa shape index (κ2) is 11.5. The Hall–Kier alpha value is -3.06. The van der Waals surface area contributed by atoms with Gasteiger partial charge in [0.05, 0.1) is 16.3 Å². The van der Waals surface area contributed by atoms with Crippen LogP contribution in [-0.4, -0.2) is 18.0 Å². The molecule has 0 bridgehead atoms. The highest BCUT2D eigenvalue weighted by Crippen LogP contribution is 2.25. The number of hydrogen-bond acceptors (Lipinski definition) is 4. The lowest BCUT2D eigenvalue weighted by Gasteiger charge is -2.10. The molecule has 3 aromatic carbocycles. The lowest BCUT2D eigenvalue weighted by atomic mass is 10.2. The van der Waals surface area contributed by atoms with E-state index in [1.165, 1.54) is 12.3 Å². The molecule has 0 aliphatic rings. The van der Waals surface area contributed by atoms with E-state index < -0.39 is 18.2 Å². The predicted octanol–water partition coefficient (Wildman–Crippen LogP) is 5.70. The molecule has 0 aliphatic heterocycles. The summed E-state index contributed by atoms with van der Waals surface area (Å²) in [5.74, 6) is -0.518. The molecule has 0 saturated heterocycles. The highest BCUT2D eigenvalue weighted by Gasteiger charge is 2.10. The molecule has 164 valence electrons. The highest BCUT2D eigenvalue weighted by atomic mass is 35.5. The van der Waals surface area contributed by atoms with E-state index in [0.29, 0.717) is 32.1 Å². The number of carbonyl (C=O) groups excluding carboxylic acids is 2. The molecule has 3 rings (SSSR count). The second-order valence-electron chi connectivity index (χ2n) is 6.56. The first kappa shape index (κ1) is 23.6. The average molecular weight is 491 g/mol. The number of carbonyl (C=O) groups is 2. The summed E-state index contributed by atoms with van der Waals surface area (Å²) in [4.78, 5) is 24.0. The number of ether oxygens (including phenoxy) is 1. The molecule has 32 heavy (non-hydrogen) atoms. The van der Waals surface area contributed by atoms with Crippen LogP contribution in [0.2, 0.25) is 15.1 Å². The van der Waals surface area contributed by atoms with E-state index >= 15 is 0 Å². The van der Waals surface area contributed by atoms with Gasteiger partial charge in [-0.05, 0) is 36.4 Å².